The Morgan fingerprint density at radius 2 is 1.94 bits per heavy atom. The van der Waals surface area contributed by atoms with Crippen molar-refractivity contribution in [1.82, 2.24) is 9.55 Å². The van der Waals surface area contributed by atoms with E-state index in [1.54, 1.807) is 11.3 Å². The van der Waals surface area contributed by atoms with Crippen LogP contribution in [0, 0.1) is 0 Å². The maximum Gasteiger partial charge on any atom is 0.0999 e. The number of aromatic nitrogens is 2. The first-order valence-electron chi connectivity index (χ1n) is 5.15. The van der Waals surface area contributed by atoms with Gasteiger partial charge in [0, 0.05) is 22.2 Å². The second-order valence-electron chi connectivity index (χ2n) is 3.65. The summed E-state index contributed by atoms with van der Waals surface area (Å²) in [5.41, 5.74) is 3.17. The van der Waals surface area contributed by atoms with Crippen LogP contribution in [0.4, 0.5) is 0 Å². The van der Waals surface area contributed by atoms with Crippen LogP contribution in [0.3, 0.4) is 0 Å². The predicted molar refractivity (Wildman–Crippen MR) is 71.9 cm³/mol. The number of hydrogen-bond donors (Lipinski definition) is 0. The zero-order valence-electron chi connectivity index (χ0n) is 8.88. The van der Waals surface area contributed by atoms with Crippen molar-refractivity contribution in [3.8, 4) is 16.9 Å². The molecule has 1 aromatic carbocycles. The van der Waals surface area contributed by atoms with Crippen LogP contribution < -0.4 is 0 Å². The molecule has 0 atom stereocenters. The van der Waals surface area contributed by atoms with Crippen molar-refractivity contribution >= 4 is 22.9 Å². The van der Waals surface area contributed by atoms with Crippen LogP contribution in [0.1, 0.15) is 0 Å². The molecule has 0 aliphatic heterocycles. The third-order valence-corrected chi connectivity index (χ3v) is 3.45. The van der Waals surface area contributed by atoms with E-state index in [-0.39, 0.29) is 0 Å². The molecule has 0 amide bonds. The summed E-state index contributed by atoms with van der Waals surface area (Å²) >= 11 is 7.54. The maximum atomic E-state index is 5.86. The fourth-order valence-corrected chi connectivity index (χ4v) is 2.40. The van der Waals surface area contributed by atoms with Crippen LogP contribution in [0.5, 0.6) is 0 Å². The lowest BCUT2D eigenvalue weighted by Gasteiger charge is -1.97. The third kappa shape index (κ3) is 2.12. The van der Waals surface area contributed by atoms with Crippen molar-refractivity contribution in [3.63, 3.8) is 0 Å². The van der Waals surface area contributed by atoms with Crippen LogP contribution in [-0.4, -0.2) is 9.55 Å². The highest BCUT2D eigenvalue weighted by Gasteiger charge is 2.03. The Labute approximate surface area is 108 Å². The fraction of sp³-hybridized carbons (Fsp3) is 0. The summed E-state index contributed by atoms with van der Waals surface area (Å²) in [6.45, 7) is 0. The van der Waals surface area contributed by atoms with E-state index >= 15 is 0 Å². The second kappa shape index (κ2) is 4.35. The molecule has 3 rings (SSSR count). The first kappa shape index (κ1) is 10.6. The molecular weight excluding hydrogens is 252 g/mol. The number of benzene rings is 1. The first-order valence-corrected chi connectivity index (χ1v) is 6.47. The molecule has 2 nitrogen and oxygen atoms in total. The molecule has 0 radical (unpaired) electrons. The molecule has 2 heterocycles. The molecule has 0 bridgehead atoms. The molecule has 0 aliphatic carbocycles. The molecule has 0 unspecified atom stereocenters. The van der Waals surface area contributed by atoms with Gasteiger partial charge in [0.1, 0.15) is 0 Å². The van der Waals surface area contributed by atoms with Crippen molar-refractivity contribution in [3.05, 3.63) is 58.6 Å². The van der Waals surface area contributed by atoms with Gasteiger partial charge in [-0.05, 0) is 23.6 Å². The summed E-state index contributed by atoms with van der Waals surface area (Å²) < 4.78 is 2.01. The van der Waals surface area contributed by atoms with Crippen molar-refractivity contribution in [2.24, 2.45) is 0 Å². The number of rotatable bonds is 2. The van der Waals surface area contributed by atoms with Crippen molar-refractivity contribution in [2.45, 2.75) is 0 Å². The minimum atomic E-state index is 0.742. The predicted octanol–water partition coefficient (Wildman–Crippen LogP) is 4.25. The fourth-order valence-electron chi connectivity index (χ4n) is 1.64. The summed E-state index contributed by atoms with van der Waals surface area (Å²) in [5, 5.41) is 4.89. The molecule has 84 valence electrons. The van der Waals surface area contributed by atoms with Crippen LogP contribution in [0.2, 0.25) is 5.02 Å². The number of thiophene rings is 1. The molecule has 2 aromatic heterocycles. The summed E-state index contributed by atoms with van der Waals surface area (Å²) in [5.74, 6) is 0. The molecule has 0 fully saturated rings. The Balaban J connectivity index is 1.98. The normalized spacial score (nSPS) is 10.6. The average Bonchev–Trinajstić information content (AvgIpc) is 3.00. The lowest BCUT2D eigenvalue weighted by molar-refractivity contribution is 1.07. The van der Waals surface area contributed by atoms with Gasteiger partial charge in [0.2, 0.25) is 0 Å². The number of hydrogen-bond acceptors (Lipinski definition) is 2. The van der Waals surface area contributed by atoms with E-state index in [2.05, 4.69) is 21.8 Å². The lowest BCUT2D eigenvalue weighted by Crippen LogP contribution is -1.84. The van der Waals surface area contributed by atoms with E-state index in [4.69, 9.17) is 11.6 Å². The van der Waals surface area contributed by atoms with E-state index in [0.717, 1.165) is 22.0 Å². The Kier molecular flexibility index (Phi) is 2.71. The number of halogens is 1. The van der Waals surface area contributed by atoms with Gasteiger partial charge in [-0.2, -0.15) is 11.3 Å². The Morgan fingerprint density at radius 3 is 2.65 bits per heavy atom. The van der Waals surface area contributed by atoms with Gasteiger partial charge in [0.05, 0.1) is 17.7 Å². The smallest absolute Gasteiger partial charge is 0.0999 e. The number of nitrogens with zero attached hydrogens (tertiary/aromatic N) is 2. The monoisotopic (exact) mass is 260 g/mol. The second-order valence-corrected chi connectivity index (χ2v) is 4.87. The topological polar surface area (TPSA) is 17.8 Å². The maximum absolute atomic E-state index is 5.86. The third-order valence-electron chi connectivity index (χ3n) is 2.53. The molecular formula is C13H9ClN2S. The molecule has 0 spiro atoms. The molecule has 0 saturated carbocycles. The molecule has 0 saturated heterocycles. The van der Waals surface area contributed by atoms with E-state index in [0.29, 0.717) is 0 Å². The minimum Gasteiger partial charge on any atom is -0.305 e. The Bertz CT molecular complexity index is 611. The minimum absolute atomic E-state index is 0.742. The quantitative estimate of drug-likeness (QED) is 0.673. The molecule has 17 heavy (non-hydrogen) atoms. The summed E-state index contributed by atoms with van der Waals surface area (Å²) in [6, 6.07) is 9.77. The van der Waals surface area contributed by atoms with Gasteiger partial charge >= 0.3 is 0 Å². The van der Waals surface area contributed by atoms with Gasteiger partial charge in [0.25, 0.3) is 0 Å². The highest BCUT2D eigenvalue weighted by Crippen LogP contribution is 2.21. The average molecular weight is 261 g/mol. The molecule has 0 N–H and O–H groups in total. The Morgan fingerprint density at radius 1 is 1.12 bits per heavy atom. The molecule has 4 heteroatoms. The highest BCUT2D eigenvalue weighted by molar-refractivity contribution is 7.08. The van der Waals surface area contributed by atoms with Gasteiger partial charge in [-0.3, -0.25) is 0 Å². The standard InChI is InChI=1S/C13H9ClN2S/c14-11-3-1-10(2-4-11)13-7-16(9-15-13)12-5-6-17-8-12/h1-9H. The van der Waals surface area contributed by atoms with E-state index in [1.165, 1.54) is 0 Å². The zero-order chi connectivity index (χ0) is 11.7. The molecule has 0 aliphatic rings. The van der Waals surface area contributed by atoms with Crippen LogP contribution in [-0.2, 0) is 0 Å². The van der Waals surface area contributed by atoms with E-state index in [1.807, 2.05) is 41.4 Å². The summed E-state index contributed by atoms with van der Waals surface area (Å²) in [4.78, 5) is 4.40. The van der Waals surface area contributed by atoms with Crippen molar-refractivity contribution in [1.29, 1.82) is 0 Å². The van der Waals surface area contributed by atoms with E-state index < -0.39 is 0 Å². The Hall–Kier alpha value is -1.58. The van der Waals surface area contributed by atoms with Gasteiger partial charge in [-0.25, -0.2) is 4.98 Å². The number of imidazole rings is 1. The van der Waals surface area contributed by atoms with Gasteiger partial charge < -0.3 is 4.57 Å². The van der Waals surface area contributed by atoms with Crippen molar-refractivity contribution < 1.29 is 0 Å². The lowest BCUT2D eigenvalue weighted by atomic mass is 10.2. The van der Waals surface area contributed by atoms with Crippen molar-refractivity contribution in [2.75, 3.05) is 0 Å². The van der Waals surface area contributed by atoms with Crippen LogP contribution in [0.15, 0.2) is 53.6 Å². The van der Waals surface area contributed by atoms with Crippen LogP contribution in [0.25, 0.3) is 16.9 Å². The van der Waals surface area contributed by atoms with E-state index in [9.17, 15) is 0 Å². The SMILES string of the molecule is Clc1ccc(-c2cn(-c3ccsc3)cn2)cc1. The zero-order valence-corrected chi connectivity index (χ0v) is 10.4. The highest BCUT2D eigenvalue weighted by atomic mass is 35.5. The summed E-state index contributed by atoms with van der Waals surface area (Å²) in [7, 11) is 0. The van der Waals surface area contributed by atoms with Gasteiger partial charge in [-0.15, -0.1) is 0 Å². The first-order chi connectivity index (χ1) is 8.33. The largest absolute Gasteiger partial charge is 0.305 e. The van der Waals surface area contributed by atoms with Gasteiger partial charge in [0.15, 0.2) is 0 Å². The molecule has 3 aromatic rings. The van der Waals surface area contributed by atoms with Crippen LogP contribution >= 0.6 is 22.9 Å². The van der Waals surface area contributed by atoms with Gasteiger partial charge in [-0.1, -0.05) is 23.7 Å². The summed E-state index contributed by atoms with van der Waals surface area (Å²) in [6.07, 6.45) is 3.84.